The minimum absolute atomic E-state index is 0.0501. The molecule has 23 heavy (non-hydrogen) atoms. The summed E-state index contributed by atoms with van der Waals surface area (Å²) in [6.45, 7) is 24.6. The van der Waals surface area contributed by atoms with Crippen LogP contribution in [0.25, 0.3) is 4.85 Å². The zero-order chi connectivity index (χ0) is 18.1. The number of carbonyl (C=O) groups is 1. The zero-order valence-corrected chi connectivity index (χ0v) is 17.0. The summed E-state index contributed by atoms with van der Waals surface area (Å²) < 4.78 is 12.6. The van der Waals surface area contributed by atoms with Crippen molar-refractivity contribution < 1.29 is 14.0 Å². The Bertz CT molecular complexity index is 474. The fraction of sp³-hybridized carbons (Fsp3) is 0.889. The Morgan fingerprint density at radius 2 is 1.96 bits per heavy atom. The van der Waals surface area contributed by atoms with E-state index in [9.17, 15) is 4.79 Å². The van der Waals surface area contributed by atoms with E-state index in [1.807, 2.05) is 6.92 Å². The smallest absolute Gasteiger partial charge is 0.330 e. The molecule has 1 aliphatic rings. The van der Waals surface area contributed by atoms with E-state index in [4.69, 9.17) is 15.7 Å². The Balaban J connectivity index is 3.05. The molecule has 1 rings (SSSR count). The first-order valence-corrected chi connectivity index (χ1v) is 11.5. The van der Waals surface area contributed by atoms with E-state index < -0.39 is 14.5 Å². The predicted molar refractivity (Wildman–Crippen MR) is 95.6 cm³/mol. The molecule has 0 spiro atoms. The highest BCUT2D eigenvalue weighted by atomic mass is 28.4. The van der Waals surface area contributed by atoms with Gasteiger partial charge in [0.25, 0.3) is 0 Å². The summed E-state index contributed by atoms with van der Waals surface area (Å²) in [5.74, 6) is 0.180. The van der Waals surface area contributed by atoms with Crippen LogP contribution in [0.3, 0.4) is 0 Å². The van der Waals surface area contributed by atoms with Gasteiger partial charge in [0.15, 0.2) is 8.32 Å². The SMILES string of the molecule is [C-]#[N+][C@@H]1C[C@@H](O[Si](C)(C)C(C)(C)C)C(C)(C)[C@@H](CC(=O)CC)O1. The molecule has 4 nitrogen and oxygen atoms in total. The summed E-state index contributed by atoms with van der Waals surface area (Å²) in [5.41, 5.74) is -0.276. The number of ketones is 1. The summed E-state index contributed by atoms with van der Waals surface area (Å²) >= 11 is 0. The molecular weight excluding hydrogens is 306 g/mol. The van der Waals surface area contributed by atoms with Crippen LogP contribution in [0.2, 0.25) is 18.1 Å². The second kappa shape index (κ2) is 7.04. The molecule has 0 bridgehead atoms. The number of carbonyl (C=O) groups excluding carboxylic acids is 1. The molecule has 1 aliphatic heterocycles. The maximum absolute atomic E-state index is 11.9. The van der Waals surface area contributed by atoms with Crippen molar-refractivity contribution in [2.45, 2.75) is 97.4 Å². The van der Waals surface area contributed by atoms with E-state index in [0.717, 1.165) is 0 Å². The standard InChI is InChI=1S/C18H33NO3Si/c1-10-13(20)11-14-18(5,6)15(12-16(19-7)21-14)22-23(8,9)17(2,3)4/h14-16H,10-12H2,1-6,8-9H3/t14-,15-,16+/m1/s1. The first-order chi connectivity index (χ1) is 10.3. The number of Topliss-reactive ketones (excluding diaryl/α,β-unsaturated/α-hetero) is 1. The largest absolute Gasteiger partial charge is 0.413 e. The summed E-state index contributed by atoms with van der Waals surface area (Å²) in [6.07, 6.45) is 0.648. The van der Waals surface area contributed by atoms with E-state index in [1.54, 1.807) is 0 Å². The summed E-state index contributed by atoms with van der Waals surface area (Å²) in [5, 5.41) is 0.115. The topological polar surface area (TPSA) is 39.9 Å². The van der Waals surface area contributed by atoms with Crippen LogP contribution in [-0.4, -0.2) is 32.5 Å². The van der Waals surface area contributed by atoms with Crippen LogP contribution >= 0.6 is 0 Å². The minimum Gasteiger partial charge on any atom is -0.413 e. The molecule has 3 atom stereocenters. The number of ether oxygens (including phenoxy) is 1. The van der Waals surface area contributed by atoms with Gasteiger partial charge in [0.2, 0.25) is 0 Å². The van der Waals surface area contributed by atoms with Crippen molar-refractivity contribution in [3.63, 3.8) is 0 Å². The fourth-order valence-electron chi connectivity index (χ4n) is 2.59. The normalized spacial score (nSPS) is 28.2. The number of nitrogens with zero attached hydrogens (tertiary/aromatic N) is 1. The molecule has 0 N–H and O–H groups in total. The molecule has 0 aliphatic carbocycles. The molecular formula is C18H33NO3Si. The van der Waals surface area contributed by atoms with Crippen LogP contribution in [0.4, 0.5) is 0 Å². The Morgan fingerprint density at radius 1 is 1.39 bits per heavy atom. The van der Waals surface area contributed by atoms with Crippen LogP contribution < -0.4 is 0 Å². The van der Waals surface area contributed by atoms with Crippen LogP contribution in [-0.2, 0) is 14.0 Å². The Morgan fingerprint density at radius 3 is 2.39 bits per heavy atom. The maximum atomic E-state index is 11.9. The third-order valence-electron chi connectivity index (χ3n) is 5.59. The molecule has 1 fully saturated rings. The number of hydrogen-bond donors (Lipinski definition) is 0. The lowest BCUT2D eigenvalue weighted by Gasteiger charge is -2.49. The van der Waals surface area contributed by atoms with E-state index in [-0.39, 0.29) is 28.4 Å². The average Bonchev–Trinajstić information content (AvgIpc) is 2.41. The van der Waals surface area contributed by atoms with Gasteiger partial charge >= 0.3 is 6.23 Å². The van der Waals surface area contributed by atoms with Gasteiger partial charge in [-0.1, -0.05) is 41.5 Å². The van der Waals surface area contributed by atoms with Crippen LogP contribution in [0.1, 0.15) is 60.8 Å². The highest BCUT2D eigenvalue weighted by Gasteiger charge is 2.51. The highest BCUT2D eigenvalue weighted by molar-refractivity contribution is 6.74. The van der Waals surface area contributed by atoms with E-state index in [2.05, 4.69) is 52.6 Å². The number of rotatable bonds is 5. The average molecular weight is 340 g/mol. The van der Waals surface area contributed by atoms with E-state index >= 15 is 0 Å². The molecule has 132 valence electrons. The molecule has 1 saturated heterocycles. The van der Waals surface area contributed by atoms with E-state index in [0.29, 0.717) is 19.3 Å². The van der Waals surface area contributed by atoms with Gasteiger partial charge < -0.3 is 9.16 Å². The summed E-state index contributed by atoms with van der Waals surface area (Å²) in [6, 6.07) is 0. The molecule has 0 aromatic rings. The molecule has 0 amide bonds. The van der Waals surface area contributed by atoms with Crippen molar-refractivity contribution >= 4 is 14.1 Å². The van der Waals surface area contributed by atoms with Gasteiger partial charge in [0.05, 0.1) is 18.6 Å². The number of hydrogen-bond acceptors (Lipinski definition) is 3. The zero-order valence-electron chi connectivity index (χ0n) is 16.0. The predicted octanol–water partition coefficient (Wildman–Crippen LogP) is 4.81. The second-order valence-corrected chi connectivity index (χ2v) is 13.5. The van der Waals surface area contributed by atoms with Crippen molar-refractivity contribution in [2.75, 3.05) is 0 Å². The molecule has 0 saturated carbocycles. The molecule has 1 heterocycles. The first kappa shape index (κ1) is 20.3. The van der Waals surface area contributed by atoms with Gasteiger partial charge in [0, 0.05) is 18.3 Å². The van der Waals surface area contributed by atoms with Crippen molar-refractivity contribution in [2.24, 2.45) is 5.41 Å². The van der Waals surface area contributed by atoms with Crippen LogP contribution in [0, 0.1) is 12.0 Å². The Kier molecular flexibility index (Phi) is 6.23. The highest BCUT2D eigenvalue weighted by Crippen LogP contribution is 2.45. The van der Waals surface area contributed by atoms with Crippen molar-refractivity contribution in [1.82, 2.24) is 0 Å². The molecule has 0 aromatic heterocycles. The Labute approximate surface area is 142 Å². The molecule has 0 aromatic carbocycles. The maximum Gasteiger partial charge on any atom is 0.330 e. The molecule has 0 unspecified atom stereocenters. The van der Waals surface area contributed by atoms with Crippen LogP contribution in [0.5, 0.6) is 0 Å². The molecule has 5 heteroatoms. The third kappa shape index (κ3) is 4.65. The lowest BCUT2D eigenvalue weighted by atomic mass is 9.75. The van der Waals surface area contributed by atoms with Gasteiger partial charge in [-0.05, 0) is 18.1 Å². The van der Waals surface area contributed by atoms with Gasteiger partial charge in [-0.2, -0.15) is 0 Å². The van der Waals surface area contributed by atoms with Gasteiger partial charge in [-0.3, -0.25) is 9.64 Å². The fourth-order valence-corrected chi connectivity index (χ4v) is 4.06. The van der Waals surface area contributed by atoms with Crippen molar-refractivity contribution in [3.8, 4) is 0 Å². The van der Waals surface area contributed by atoms with Gasteiger partial charge in [-0.15, -0.1) is 0 Å². The molecule has 0 radical (unpaired) electrons. The van der Waals surface area contributed by atoms with Crippen molar-refractivity contribution in [3.05, 3.63) is 11.4 Å². The summed E-state index contributed by atoms with van der Waals surface area (Å²) in [4.78, 5) is 15.5. The third-order valence-corrected chi connectivity index (χ3v) is 10.1. The lowest BCUT2D eigenvalue weighted by Crippen LogP contribution is -2.56. The van der Waals surface area contributed by atoms with Gasteiger partial charge in [0.1, 0.15) is 5.78 Å². The van der Waals surface area contributed by atoms with E-state index in [1.165, 1.54) is 0 Å². The van der Waals surface area contributed by atoms with Crippen molar-refractivity contribution in [1.29, 1.82) is 0 Å². The summed E-state index contributed by atoms with van der Waals surface area (Å²) in [7, 11) is -1.94. The lowest BCUT2D eigenvalue weighted by molar-refractivity contribution is -0.162. The van der Waals surface area contributed by atoms with Gasteiger partial charge in [-0.25, -0.2) is 6.57 Å². The minimum atomic E-state index is -1.94. The Hall–Kier alpha value is -0.703. The monoisotopic (exact) mass is 339 g/mol. The quantitative estimate of drug-likeness (QED) is 0.533. The van der Waals surface area contributed by atoms with Crippen LogP contribution in [0.15, 0.2) is 0 Å². The second-order valence-electron chi connectivity index (χ2n) is 8.73. The first-order valence-electron chi connectivity index (χ1n) is 8.56.